The monoisotopic (exact) mass is 295 g/mol. The highest BCUT2D eigenvalue weighted by molar-refractivity contribution is 6.31. The van der Waals surface area contributed by atoms with Gasteiger partial charge in [-0.25, -0.2) is 8.78 Å². The molecular formula is C15H12ClF2NO. The van der Waals surface area contributed by atoms with Gasteiger partial charge >= 0.3 is 0 Å². The fraction of sp³-hybridized carbons (Fsp3) is 0.133. The summed E-state index contributed by atoms with van der Waals surface area (Å²) in [6, 6.07) is 9.97. The summed E-state index contributed by atoms with van der Waals surface area (Å²) in [6.07, 6.45) is 0. The maximum Gasteiger partial charge on any atom is 0.256 e. The van der Waals surface area contributed by atoms with Crippen LogP contribution in [-0.4, -0.2) is 17.9 Å². The minimum absolute atomic E-state index is 0.166. The molecule has 20 heavy (non-hydrogen) atoms. The lowest BCUT2D eigenvalue weighted by atomic mass is 10.1. The van der Waals surface area contributed by atoms with Crippen molar-refractivity contribution in [3.8, 4) is 0 Å². The van der Waals surface area contributed by atoms with E-state index < -0.39 is 17.5 Å². The van der Waals surface area contributed by atoms with E-state index in [0.29, 0.717) is 11.1 Å². The number of hydrogen-bond donors (Lipinski definition) is 0. The van der Waals surface area contributed by atoms with Crippen molar-refractivity contribution in [3.63, 3.8) is 0 Å². The van der Waals surface area contributed by atoms with Gasteiger partial charge in [-0.15, -0.1) is 0 Å². The molecule has 1 amide bonds. The van der Waals surface area contributed by atoms with Crippen LogP contribution >= 0.6 is 11.6 Å². The number of rotatable bonds is 3. The van der Waals surface area contributed by atoms with Crippen LogP contribution in [0.3, 0.4) is 0 Å². The molecule has 0 bridgehead atoms. The van der Waals surface area contributed by atoms with Gasteiger partial charge in [-0.2, -0.15) is 0 Å². The summed E-state index contributed by atoms with van der Waals surface area (Å²) in [7, 11) is 1.54. The lowest BCUT2D eigenvalue weighted by Gasteiger charge is -2.18. The molecule has 0 aromatic heterocycles. The lowest BCUT2D eigenvalue weighted by Crippen LogP contribution is -2.27. The molecule has 2 aromatic rings. The molecule has 0 fully saturated rings. The Labute approximate surface area is 120 Å². The number of carbonyl (C=O) groups is 1. The molecule has 0 saturated heterocycles. The molecule has 104 valence electrons. The van der Waals surface area contributed by atoms with Crippen molar-refractivity contribution >= 4 is 17.5 Å². The highest BCUT2D eigenvalue weighted by atomic mass is 35.5. The third-order valence-corrected chi connectivity index (χ3v) is 3.24. The quantitative estimate of drug-likeness (QED) is 0.841. The van der Waals surface area contributed by atoms with Crippen LogP contribution in [0.1, 0.15) is 15.9 Å². The van der Waals surface area contributed by atoms with E-state index in [1.54, 1.807) is 24.3 Å². The second-order valence-corrected chi connectivity index (χ2v) is 4.78. The summed E-state index contributed by atoms with van der Waals surface area (Å²) in [5.41, 5.74) is 0.591. The van der Waals surface area contributed by atoms with E-state index in [1.165, 1.54) is 11.9 Å². The number of amides is 1. The Bertz CT molecular complexity index is 646. The minimum Gasteiger partial charge on any atom is -0.337 e. The van der Waals surface area contributed by atoms with Gasteiger partial charge in [0.15, 0.2) is 0 Å². The van der Waals surface area contributed by atoms with Crippen molar-refractivity contribution in [1.82, 2.24) is 4.90 Å². The molecule has 2 rings (SSSR count). The largest absolute Gasteiger partial charge is 0.337 e. The van der Waals surface area contributed by atoms with E-state index in [0.717, 1.165) is 17.7 Å². The molecule has 0 spiro atoms. The van der Waals surface area contributed by atoms with Crippen LogP contribution < -0.4 is 0 Å². The fourth-order valence-electron chi connectivity index (χ4n) is 1.82. The maximum atomic E-state index is 13.6. The SMILES string of the molecule is CN(Cc1ccccc1Cl)C(=O)c1ccc(F)cc1F. The Hall–Kier alpha value is -1.94. The molecule has 0 radical (unpaired) electrons. The van der Waals surface area contributed by atoms with Gasteiger partial charge in [0.25, 0.3) is 5.91 Å². The molecule has 0 atom stereocenters. The summed E-state index contributed by atoms with van der Waals surface area (Å²) >= 11 is 6.01. The molecule has 0 N–H and O–H groups in total. The first kappa shape index (κ1) is 14.5. The molecule has 5 heteroatoms. The first-order valence-corrected chi connectivity index (χ1v) is 6.31. The molecule has 0 aliphatic carbocycles. The number of benzene rings is 2. The Balaban J connectivity index is 2.19. The normalized spacial score (nSPS) is 10.4. The molecule has 0 heterocycles. The summed E-state index contributed by atoms with van der Waals surface area (Å²) in [5.74, 6) is -2.11. The van der Waals surface area contributed by atoms with Crippen LogP contribution in [0.4, 0.5) is 8.78 Å². The van der Waals surface area contributed by atoms with Crippen molar-refractivity contribution in [3.05, 3.63) is 70.2 Å². The fourth-order valence-corrected chi connectivity index (χ4v) is 2.02. The minimum atomic E-state index is -0.874. The van der Waals surface area contributed by atoms with Gasteiger partial charge in [-0.05, 0) is 23.8 Å². The molecule has 0 saturated carbocycles. The summed E-state index contributed by atoms with van der Waals surface area (Å²) in [4.78, 5) is 13.4. The van der Waals surface area contributed by atoms with E-state index in [1.807, 2.05) is 0 Å². The molecule has 0 aliphatic heterocycles. The van der Waals surface area contributed by atoms with E-state index in [4.69, 9.17) is 11.6 Å². The van der Waals surface area contributed by atoms with Crippen LogP contribution in [0.2, 0.25) is 5.02 Å². The van der Waals surface area contributed by atoms with E-state index >= 15 is 0 Å². The second kappa shape index (κ2) is 6.01. The molecular weight excluding hydrogens is 284 g/mol. The van der Waals surface area contributed by atoms with E-state index in [-0.39, 0.29) is 12.1 Å². The predicted molar refractivity (Wildman–Crippen MR) is 73.6 cm³/mol. The third-order valence-electron chi connectivity index (χ3n) is 2.87. The summed E-state index contributed by atoms with van der Waals surface area (Å²) < 4.78 is 26.4. The topological polar surface area (TPSA) is 20.3 Å². The van der Waals surface area contributed by atoms with Gasteiger partial charge < -0.3 is 4.90 Å². The van der Waals surface area contributed by atoms with Crippen molar-refractivity contribution in [2.45, 2.75) is 6.54 Å². The summed E-state index contributed by atoms with van der Waals surface area (Å²) in [5, 5.41) is 0.534. The number of nitrogens with zero attached hydrogens (tertiary/aromatic N) is 1. The van der Waals surface area contributed by atoms with Crippen LogP contribution in [0.5, 0.6) is 0 Å². The van der Waals surface area contributed by atoms with E-state index in [9.17, 15) is 13.6 Å². The van der Waals surface area contributed by atoms with Gasteiger partial charge in [0.2, 0.25) is 0 Å². The average Bonchev–Trinajstić information content (AvgIpc) is 2.40. The molecule has 2 aromatic carbocycles. The zero-order valence-electron chi connectivity index (χ0n) is 10.7. The predicted octanol–water partition coefficient (Wildman–Crippen LogP) is 3.89. The zero-order valence-corrected chi connectivity index (χ0v) is 11.5. The van der Waals surface area contributed by atoms with Crippen LogP contribution in [0, 0.1) is 11.6 Å². The van der Waals surface area contributed by atoms with Crippen molar-refractivity contribution < 1.29 is 13.6 Å². The highest BCUT2D eigenvalue weighted by Gasteiger charge is 2.17. The Kier molecular flexibility index (Phi) is 4.35. The first-order chi connectivity index (χ1) is 9.49. The summed E-state index contributed by atoms with van der Waals surface area (Å²) in [6.45, 7) is 0.245. The highest BCUT2D eigenvalue weighted by Crippen LogP contribution is 2.18. The Morgan fingerprint density at radius 3 is 2.55 bits per heavy atom. The standard InChI is InChI=1S/C15H12ClF2NO/c1-19(9-10-4-2-3-5-13(10)16)15(20)12-7-6-11(17)8-14(12)18/h2-8H,9H2,1H3. The average molecular weight is 296 g/mol. The van der Waals surface area contributed by atoms with Crippen LogP contribution in [0.25, 0.3) is 0 Å². The number of hydrogen-bond acceptors (Lipinski definition) is 1. The first-order valence-electron chi connectivity index (χ1n) is 5.93. The van der Waals surface area contributed by atoms with Crippen molar-refractivity contribution in [2.75, 3.05) is 7.05 Å². The van der Waals surface area contributed by atoms with Crippen LogP contribution in [-0.2, 0) is 6.54 Å². The third kappa shape index (κ3) is 3.14. The number of carbonyl (C=O) groups excluding carboxylic acids is 1. The van der Waals surface area contributed by atoms with Crippen molar-refractivity contribution in [2.24, 2.45) is 0 Å². The lowest BCUT2D eigenvalue weighted by molar-refractivity contribution is 0.0780. The van der Waals surface area contributed by atoms with E-state index in [2.05, 4.69) is 0 Å². The van der Waals surface area contributed by atoms with Gasteiger partial charge in [0.1, 0.15) is 11.6 Å². The zero-order chi connectivity index (χ0) is 14.7. The second-order valence-electron chi connectivity index (χ2n) is 4.38. The Morgan fingerprint density at radius 1 is 1.20 bits per heavy atom. The molecule has 0 unspecified atom stereocenters. The van der Waals surface area contributed by atoms with Gasteiger partial charge in [-0.1, -0.05) is 29.8 Å². The van der Waals surface area contributed by atoms with Crippen molar-refractivity contribution in [1.29, 1.82) is 0 Å². The molecule has 0 aliphatic rings. The van der Waals surface area contributed by atoms with Gasteiger partial charge in [-0.3, -0.25) is 4.79 Å². The van der Waals surface area contributed by atoms with Gasteiger partial charge in [0.05, 0.1) is 5.56 Å². The Morgan fingerprint density at radius 2 is 1.90 bits per heavy atom. The number of halogens is 3. The van der Waals surface area contributed by atoms with Gasteiger partial charge in [0, 0.05) is 24.7 Å². The smallest absolute Gasteiger partial charge is 0.256 e. The maximum absolute atomic E-state index is 13.6. The molecule has 2 nitrogen and oxygen atoms in total. The van der Waals surface area contributed by atoms with Crippen LogP contribution in [0.15, 0.2) is 42.5 Å².